The van der Waals surface area contributed by atoms with E-state index < -0.39 is 0 Å². The van der Waals surface area contributed by atoms with Crippen LogP contribution in [0.1, 0.15) is 29.8 Å². The summed E-state index contributed by atoms with van der Waals surface area (Å²) >= 11 is 5.18. The molecule has 138 valence electrons. The standard InChI is InChI=1S/C19H22BrN3O2S/c1-2-16-13-8-10-26-17(13)7-9-23(16)12-19(25)21-11-18(24)22-15-6-4-3-5-14(15)20/h3-6,8,10,16H,2,7,9,11-12H2,1H3,(H,21,25)(H,22,24). The van der Waals surface area contributed by atoms with E-state index >= 15 is 0 Å². The quantitative estimate of drug-likeness (QED) is 0.728. The lowest BCUT2D eigenvalue weighted by atomic mass is 9.98. The first kappa shape index (κ1) is 19.1. The van der Waals surface area contributed by atoms with Gasteiger partial charge < -0.3 is 10.6 Å². The Morgan fingerprint density at radius 2 is 2.08 bits per heavy atom. The van der Waals surface area contributed by atoms with Gasteiger partial charge in [0, 0.05) is 21.9 Å². The summed E-state index contributed by atoms with van der Waals surface area (Å²) in [5.74, 6) is -0.361. The summed E-state index contributed by atoms with van der Waals surface area (Å²) in [6.45, 7) is 3.31. The molecule has 2 N–H and O–H groups in total. The van der Waals surface area contributed by atoms with Crippen molar-refractivity contribution >= 4 is 44.8 Å². The number of carbonyl (C=O) groups is 2. The summed E-state index contributed by atoms with van der Waals surface area (Å²) in [5, 5.41) is 7.64. The summed E-state index contributed by atoms with van der Waals surface area (Å²) in [7, 11) is 0. The van der Waals surface area contributed by atoms with Gasteiger partial charge in [-0.15, -0.1) is 11.3 Å². The molecule has 0 saturated heterocycles. The number of benzene rings is 1. The van der Waals surface area contributed by atoms with Crippen molar-refractivity contribution in [2.45, 2.75) is 25.8 Å². The molecule has 0 fully saturated rings. The van der Waals surface area contributed by atoms with Crippen LogP contribution < -0.4 is 10.6 Å². The van der Waals surface area contributed by atoms with E-state index in [0.29, 0.717) is 12.2 Å². The number of amides is 2. The van der Waals surface area contributed by atoms with Crippen molar-refractivity contribution < 1.29 is 9.59 Å². The van der Waals surface area contributed by atoms with Crippen LogP contribution in [0.5, 0.6) is 0 Å². The average Bonchev–Trinajstić information content (AvgIpc) is 3.10. The Morgan fingerprint density at radius 3 is 2.85 bits per heavy atom. The lowest BCUT2D eigenvalue weighted by Gasteiger charge is -2.34. The SMILES string of the molecule is CCC1c2ccsc2CCN1CC(=O)NCC(=O)Nc1ccccc1Br. The van der Waals surface area contributed by atoms with E-state index in [1.807, 2.05) is 24.3 Å². The molecule has 1 atom stereocenters. The molecule has 0 saturated carbocycles. The van der Waals surface area contributed by atoms with Crippen molar-refractivity contribution in [3.8, 4) is 0 Å². The Morgan fingerprint density at radius 1 is 1.27 bits per heavy atom. The normalized spacial score (nSPS) is 16.8. The van der Waals surface area contributed by atoms with Crippen LogP contribution >= 0.6 is 27.3 Å². The molecule has 1 aliphatic rings. The number of fused-ring (bicyclic) bond motifs is 1. The fraction of sp³-hybridized carbons (Fsp3) is 0.368. The minimum atomic E-state index is -0.240. The molecule has 1 aliphatic heterocycles. The molecular formula is C19H22BrN3O2S. The number of anilines is 1. The number of rotatable bonds is 6. The molecule has 0 radical (unpaired) electrons. The zero-order valence-electron chi connectivity index (χ0n) is 14.6. The van der Waals surface area contributed by atoms with Gasteiger partial charge in [0.15, 0.2) is 0 Å². The van der Waals surface area contributed by atoms with Crippen LogP contribution in [0.2, 0.25) is 0 Å². The Labute approximate surface area is 165 Å². The van der Waals surface area contributed by atoms with Crippen LogP contribution in [-0.2, 0) is 16.0 Å². The third-order valence-electron chi connectivity index (χ3n) is 4.53. The molecule has 1 aromatic carbocycles. The monoisotopic (exact) mass is 435 g/mol. The number of para-hydroxylation sites is 1. The van der Waals surface area contributed by atoms with Crippen molar-refractivity contribution in [3.63, 3.8) is 0 Å². The highest BCUT2D eigenvalue weighted by Crippen LogP contribution is 2.34. The number of nitrogens with one attached hydrogen (secondary N) is 2. The van der Waals surface area contributed by atoms with E-state index in [0.717, 1.165) is 23.9 Å². The zero-order chi connectivity index (χ0) is 18.5. The van der Waals surface area contributed by atoms with Crippen LogP contribution in [0, 0.1) is 0 Å². The Bertz CT molecular complexity index is 793. The van der Waals surface area contributed by atoms with Crippen molar-refractivity contribution in [2.75, 3.05) is 25.0 Å². The second kappa shape index (κ2) is 8.79. The van der Waals surface area contributed by atoms with Gasteiger partial charge in [-0.1, -0.05) is 19.1 Å². The highest BCUT2D eigenvalue weighted by Gasteiger charge is 2.28. The smallest absolute Gasteiger partial charge is 0.243 e. The first-order valence-corrected chi connectivity index (χ1v) is 10.4. The van der Waals surface area contributed by atoms with Crippen LogP contribution in [0.4, 0.5) is 5.69 Å². The number of hydrogen-bond acceptors (Lipinski definition) is 4. The van der Waals surface area contributed by atoms with Crippen molar-refractivity contribution in [1.29, 1.82) is 0 Å². The van der Waals surface area contributed by atoms with Crippen LogP contribution in [0.15, 0.2) is 40.2 Å². The molecule has 2 heterocycles. The summed E-state index contributed by atoms with van der Waals surface area (Å²) < 4.78 is 0.811. The zero-order valence-corrected chi connectivity index (χ0v) is 17.0. The molecule has 1 unspecified atom stereocenters. The van der Waals surface area contributed by atoms with Gasteiger partial charge in [-0.25, -0.2) is 0 Å². The molecule has 3 rings (SSSR count). The molecule has 26 heavy (non-hydrogen) atoms. The molecular weight excluding hydrogens is 414 g/mol. The minimum Gasteiger partial charge on any atom is -0.346 e. The van der Waals surface area contributed by atoms with Gasteiger partial charge in [0.2, 0.25) is 11.8 Å². The minimum absolute atomic E-state index is 0.0332. The molecule has 1 aromatic heterocycles. The molecule has 5 nitrogen and oxygen atoms in total. The first-order chi connectivity index (χ1) is 12.6. The second-order valence-corrected chi connectivity index (χ2v) is 8.10. The van der Waals surface area contributed by atoms with Crippen LogP contribution in [0.3, 0.4) is 0 Å². The number of thiophene rings is 1. The number of carbonyl (C=O) groups excluding carboxylic acids is 2. The summed E-state index contributed by atoms with van der Waals surface area (Å²) in [6.07, 6.45) is 1.96. The number of nitrogens with zero attached hydrogens (tertiary/aromatic N) is 1. The molecule has 0 bridgehead atoms. The van der Waals surface area contributed by atoms with Crippen molar-refractivity contribution in [2.24, 2.45) is 0 Å². The third-order valence-corrected chi connectivity index (χ3v) is 6.22. The maximum Gasteiger partial charge on any atom is 0.243 e. The van der Waals surface area contributed by atoms with Gasteiger partial charge in [0.25, 0.3) is 0 Å². The summed E-state index contributed by atoms with van der Waals surface area (Å²) in [4.78, 5) is 28.0. The van der Waals surface area contributed by atoms with E-state index in [4.69, 9.17) is 0 Å². The number of halogens is 1. The van der Waals surface area contributed by atoms with Gasteiger partial charge >= 0.3 is 0 Å². The molecule has 2 amide bonds. The van der Waals surface area contributed by atoms with Gasteiger partial charge in [0.05, 0.1) is 18.8 Å². The van der Waals surface area contributed by atoms with E-state index in [1.165, 1.54) is 10.4 Å². The van der Waals surface area contributed by atoms with Gasteiger partial charge in [0.1, 0.15) is 0 Å². The highest BCUT2D eigenvalue weighted by atomic mass is 79.9. The average molecular weight is 436 g/mol. The van der Waals surface area contributed by atoms with Crippen molar-refractivity contribution in [1.82, 2.24) is 10.2 Å². The summed E-state index contributed by atoms with van der Waals surface area (Å²) in [6, 6.07) is 9.84. The first-order valence-electron chi connectivity index (χ1n) is 8.70. The molecule has 0 spiro atoms. The summed E-state index contributed by atoms with van der Waals surface area (Å²) in [5.41, 5.74) is 2.04. The van der Waals surface area contributed by atoms with Crippen molar-refractivity contribution in [3.05, 3.63) is 50.6 Å². The second-order valence-electron chi connectivity index (χ2n) is 6.25. The Hall–Kier alpha value is -1.70. The fourth-order valence-corrected chi connectivity index (χ4v) is 4.60. The lowest BCUT2D eigenvalue weighted by molar-refractivity contribution is -0.125. The maximum atomic E-state index is 12.3. The predicted molar refractivity (Wildman–Crippen MR) is 108 cm³/mol. The molecule has 2 aromatic rings. The van der Waals surface area contributed by atoms with E-state index in [9.17, 15) is 9.59 Å². The van der Waals surface area contributed by atoms with Gasteiger partial charge in [-0.2, -0.15) is 0 Å². The Balaban J connectivity index is 1.50. The number of hydrogen-bond donors (Lipinski definition) is 2. The fourth-order valence-electron chi connectivity index (χ4n) is 3.29. The topological polar surface area (TPSA) is 61.4 Å². The lowest BCUT2D eigenvalue weighted by Crippen LogP contribution is -2.43. The molecule has 7 heteroatoms. The van der Waals surface area contributed by atoms with Crippen LogP contribution in [-0.4, -0.2) is 36.3 Å². The van der Waals surface area contributed by atoms with Gasteiger partial charge in [-0.3, -0.25) is 14.5 Å². The predicted octanol–water partition coefficient (Wildman–Crippen LogP) is 3.57. The Kier molecular flexibility index (Phi) is 6.45. The third kappa shape index (κ3) is 4.52. The van der Waals surface area contributed by atoms with Gasteiger partial charge in [-0.05, 0) is 57.9 Å². The van der Waals surface area contributed by atoms with Crippen LogP contribution in [0.25, 0.3) is 0 Å². The van der Waals surface area contributed by atoms with E-state index in [2.05, 4.69) is 49.8 Å². The van der Waals surface area contributed by atoms with E-state index in [-0.39, 0.29) is 24.4 Å². The maximum absolute atomic E-state index is 12.3. The largest absolute Gasteiger partial charge is 0.346 e. The van der Waals surface area contributed by atoms with E-state index in [1.54, 1.807) is 11.3 Å². The molecule has 0 aliphatic carbocycles. The highest BCUT2D eigenvalue weighted by molar-refractivity contribution is 9.10.